The van der Waals surface area contributed by atoms with Crippen molar-refractivity contribution in [2.45, 2.75) is 31.7 Å². The van der Waals surface area contributed by atoms with Crippen LogP contribution in [-0.4, -0.2) is 6.04 Å². The SMILES string of the molecule is NC(Cc1c(F)ccc(Br)c1F)C1C2CCCC21. The first-order chi connectivity index (χ1) is 8.59. The molecule has 2 saturated carbocycles. The van der Waals surface area contributed by atoms with E-state index < -0.39 is 11.6 Å². The average molecular weight is 316 g/mol. The lowest BCUT2D eigenvalue weighted by Crippen LogP contribution is -2.28. The van der Waals surface area contributed by atoms with Crippen molar-refractivity contribution in [3.8, 4) is 0 Å². The van der Waals surface area contributed by atoms with Gasteiger partial charge in [0.1, 0.15) is 11.6 Å². The smallest absolute Gasteiger partial charge is 0.143 e. The van der Waals surface area contributed by atoms with Crippen LogP contribution in [0.2, 0.25) is 0 Å². The van der Waals surface area contributed by atoms with Crippen LogP contribution in [0.5, 0.6) is 0 Å². The van der Waals surface area contributed by atoms with Crippen molar-refractivity contribution in [1.82, 2.24) is 0 Å². The highest BCUT2D eigenvalue weighted by Gasteiger charge is 2.54. The third-order valence-electron chi connectivity index (χ3n) is 4.55. The second-order valence-electron chi connectivity index (χ2n) is 5.53. The minimum atomic E-state index is -0.503. The molecule has 98 valence electrons. The second-order valence-corrected chi connectivity index (χ2v) is 6.38. The first-order valence-electron chi connectivity index (χ1n) is 6.47. The predicted molar refractivity (Wildman–Crippen MR) is 70.1 cm³/mol. The van der Waals surface area contributed by atoms with Crippen molar-refractivity contribution in [2.75, 3.05) is 0 Å². The zero-order chi connectivity index (χ0) is 12.9. The summed E-state index contributed by atoms with van der Waals surface area (Å²) >= 11 is 3.09. The van der Waals surface area contributed by atoms with Crippen molar-refractivity contribution >= 4 is 15.9 Å². The van der Waals surface area contributed by atoms with Gasteiger partial charge in [0.2, 0.25) is 0 Å². The van der Waals surface area contributed by atoms with Crippen LogP contribution in [0.15, 0.2) is 16.6 Å². The molecule has 0 amide bonds. The molecule has 2 fully saturated rings. The Morgan fingerprint density at radius 3 is 2.61 bits per heavy atom. The number of hydrogen-bond donors (Lipinski definition) is 1. The van der Waals surface area contributed by atoms with Crippen molar-refractivity contribution in [3.05, 3.63) is 33.8 Å². The second kappa shape index (κ2) is 4.57. The van der Waals surface area contributed by atoms with Gasteiger partial charge in [0.25, 0.3) is 0 Å². The Morgan fingerprint density at radius 1 is 1.28 bits per heavy atom. The molecule has 0 saturated heterocycles. The molecule has 3 atom stereocenters. The fourth-order valence-electron chi connectivity index (χ4n) is 3.64. The molecule has 3 unspecified atom stereocenters. The van der Waals surface area contributed by atoms with Crippen molar-refractivity contribution in [3.63, 3.8) is 0 Å². The number of halogens is 3. The van der Waals surface area contributed by atoms with Crippen LogP contribution in [0.3, 0.4) is 0 Å². The zero-order valence-electron chi connectivity index (χ0n) is 10.0. The molecule has 2 aliphatic carbocycles. The lowest BCUT2D eigenvalue weighted by molar-refractivity contribution is 0.462. The van der Waals surface area contributed by atoms with E-state index >= 15 is 0 Å². The first-order valence-corrected chi connectivity index (χ1v) is 7.27. The zero-order valence-corrected chi connectivity index (χ0v) is 11.6. The Balaban J connectivity index is 1.75. The topological polar surface area (TPSA) is 26.0 Å². The van der Waals surface area contributed by atoms with Gasteiger partial charge in [-0.05, 0) is 65.1 Å². The summed E-state index contributed by atoms with van der Waals surface area (Å²) in [5.74, 6) is 0.932. The molecule has 0 spiro atoms. The number of hydrogen-bond acceptors (Lipinski definition) is 1. The van der Waals surface area contributed by atoms with Crippen LogP contribution in [0, 0.1) is 29.4 Å². The molecule has 2 aliphatic rings. The summed E-state index contributed by atoms with van der Waals surface area (Å²) in [6.07, 6.45) is 4.08. The van der Waals surface area contributed by atoms with Gasteiger partial charge in [-0.2, -0.15) is 0 Å². The van der Waals surface area contributed by atoms with Gasteiger partial charge in [0, 0.05) is 11.6 Å². The molecule has 0 aromatic heterocycles. The van der Waals surface area contributed by atoms with E-state index in [0.717, 1.165) is 11.8 Å². The van der Waals surface area contributed by atoms with E-state index in [9.17, 15) is 8.78 Å². The Labute approximate surface area is 114 Å². The van der Waals surface area contributed by atoms with Crippen LogP contribution in [0.25, 0.3) is 0 Å². The minimum Gasteiger partial charge on any atom is -0.327 e. The highest BCUT2D eigenvalue weighted by atomic mass is 79.9. The van der Waals surface area contributed by atoms with Gasteiger partial charge >= 0.3 is 0 Å². The van der Waals surface area contributed by atoms with E-state index in [1.807, 2.05) is 0 Å². The lowest BCUT2D eigenvalue weighted by Gasteiger charge is -2.15. The van der Waals surface area contributed by atoms with Gasteiger partial charge in [-0.15, -0.1) is 0 Å². The largest absolute Gasteiger partial charge is 0.327 e. The van der Waals surface area contributed by atoms with Crippen molar-refractivity contribution in [2.24, 2.45) is 23.5 Å². The molecule has 4 heteroatoms. The molecular formula is C14H16BrF2N. The van der Waals surface area contributed by atoms with Crippen LogP contribution < -0.4 is 5.73 Å². The summed E-state index contributed by atoms with van der Waals surface area (Å²) in [6, 6.07) is 2.58. The van der Waals surface area contributed by atoms with E-state index in [1.54, 1.807) is 0 Å². The van der Waals surface area contributed by atoms with Gasteiger partial charge in [-0.3, -0.25) is 0 Å². The van der Waals surface area contributed by atoms with Crippen molar-refractivity contribution < 1.29 is 8.78 Å². The maximum atomic E-state index is 13.9. The summed E-state index contributed by atoms with van der Waals surface area (Å²) in [5, 5.41) is 0. The molecule has 1 nitrogen and oxygen atoms in total. The minimum absolute atomic E-state index is 0.112. The highest BCUT2D eigenvalue weighted by molar-refractivity contribution is 9.10. The third kappa shape index (κ3) is 1.99. The van der Waals surface area contributed by atoms with E-state index in [1.165, 1.54) is 31.4 Å². The molecule has 0 aliphatic heterocycles. The van der Waals surface area contributed by atoms with Gasteiger partial charge in [-0.1, -0.05) is 6.42 Å². The van der Waals surface area contributed by atoms with Crippen LogP contribution in [0.1, 0.15) is 24.8 Å². The Bertz CT molecular complexity index is 467. The summed E-state index contributed by atoms with van der Waals surface area (Å²) in [4.78, 5) is 0. The molecule has 18 heavy (non-hydrogen) atoms. The van der Waals surface area contributed by atoms with Crippen LogP contribution in [-0.2, 0) is 6.42 Å². The molecule has 0 bridgehead atoms. The quantitative estimate of drug-likeness (QED) is 0.847. The molecule has 1 aromatic rings. The van der Waals surface area contributed by atoms with Gasteiger partial charge in [-0.25, -0.2) is 8.78 Å². The number of benzene rings is 1. The molecular weight excluding hydrogens is 300 g/mol. The molecule has 1 aromatic carbocycles. The fraction of sp³-hybridized carbons (Fsp3) is 0.571. The first kappa shape index (κ1) is 12.5. The van der Waals surface area contributed by atoms with Gasteiger partial charge in [0.15, 0.2) is 0 Å². The molecule has 0 radical (unpaired) electrons. The molecule has 3 rings (SSSR count). The predicted octanol–water partition coefficient (Wildman–Crippen LogP) is 3.64. The van der Waals surface area contributed by atoms with Crippen LogP contribution >= 0.6 is 15.9 Å². The Morgan fingerprint density at radius 2 is 1.94 bits per heavy atom. The standard InChI is InChI=1S/C14H16BrF2N/c15-10-4-5-11(16)9(14(10)17)6-12(18)13-7-2-1-3-8(7)13/h4-5,7-8,12-13H,1-3,6,18H2. The van der Waals surface area contributed by atoms with Crippen LogP contribution in [0.4, 0.5) is 8.78 Å². The van der Waals surface area contributed by atoms with Crippen molar-refractivity contribution in [1.29, 1.82) is 0 Å². The molecule has 2 N–H and O–H groups in total. The maximum absolute atomic E-state index is 13.9. The van der Waals surface area contributed by atoms with E-state index in [4.69, 9.17) is 5.73 Å². The number of fused-ring (bicyclic) bond motifs is 1. The summed E-state index contributed by atoms with van der Waals surface area (Å²) < 4.78 is 27.8. The molecule has 0 heterocycles. The normalized spacial score (nSPS) is 31.2. The lowest BCUT2D eigenvalue weighted by atomic mass is 9.97. The van der Waals surface area contributed by atoms with E-state index in [0.29, 0.717) is 16.8 Å². The van der Waals surface area contributed by atoms with Gasteiger partial charge < -0.3 is 5.73 Å². The summed E-state index contributed by atoms with van der Waals surface area (Å²) in [6.45, 7) is 0. The van der Waals surface area contributed by atoms with E-state index in [-0.39, 0.29) is 11.6 Å². The third-order valence-corrected chi connectivity index (χ3v) is 5.16. The Hall–Kier alpha value is -0.480. The van der Waals surface area contributed by atoms with E-state index in [2.05, 4.69) is 15.9 Å². The summed E-state index contributed by atoms with van der Waals surface area (Å²) in [7, 11) is 0. The monoisotopic (exact) mass is 315 g/mol. The number of nitrogens with two attached hydrogens (primary N) is 1. The average Bonchev–Trinajstić information content (AvgIpc) is 2.83. The van der Waals surface area contributed by atoms with Gasteiger partial charge in [0.05, 0.1) is 4.47 Å². The fourth-order valence-corrected chi connectivity index (χ4v) is 4.01. The Kier molecular flexibility index (Phi) is 3.18. The highest BCUT2D eigenvalue weighted by Crippen LogP contribution is 2.58. The summed E-state index contributed by atoms with van der Waals surface area (Å²) in [5.41, 5.74) is 6.27. The maximum Gasteiger partial charge on any atom is 0.143 e. The number of rotatable bonds is 3.